The number of benzene rings is 2. The van der Waals surface area contributed by atoms with Gasteiger partial charge in [-0.1, -0.05) is 18.2 Å². The number of halogens is 1. The molecular weight excluding hydrogens is 309 g/mol. The van der Waals surface area contributed by atoms with E-state index >= 15 is 0 Å². The summed E-state index contributed by atoms with van der Waals surface area (Å²) in [6, 6.07) is 11.2. The van der Waals surface area contributed by atoms with Crippen LogP contribution in [-0.2, 0) is 11.2 Å². The van der Waals surface area contributed by atoms with Crippen molar-refractivity contribution in [3.8, 4) is 5.75 Å². The van der Waals surface area contributed by atoms with E-state index in [0.29, 0.717) is 11.3 Å². The van der Waals surface area contributed by atoms with Crippen LogP contribution in [0.2, 0.25) is 0 Å². The molecule has 2 aromatic rings. The number of nitrogens with one attached hydrogen (secondary N) is 1. The number of aliphatic hydroxyl groups excluding tert-OH is 1. The van der Waals surface area contributed by atoms with Crippen molar-refractivity contribution in [2.24, 2.45) is 0 Å². The Labute approximate surface area is 140 Å². The molecule has 0 radical (unpaired) electrons. The van der Waals surface area contributed by atoms with E-state index in [1.54, 1.807) is 30.3 Å². The zero-order valence-electron chi connectivity index (χ0n) is 13.5. The molecule has 1 aliphatic rings. The zero-order valence-corrected chi connectivity index (χ0v) is 13.5. The Morgan fingerprint density at radius 2 is 2.17 bits per heavy atom. The van der Waals surface area contributed by atoms with Crippen LogP contribution in [0.3, 0.4) is 0 Å². The fourth-order valence-corrected chi connectivity index (χ4v) is 3.15. The molecular formula is C19H20FNO3. The lowest BCUT2D eigenvalue weighted by Gasteiger charge is -2.27. The smallest absolute Gasteiger partial charge is 0.253 e. The highest BCUT2D eigenvalue weighted by Crippen LogP contribution is 2.31. The minimum Gasteiger partial charge on any atom is -0.497 e. The Morgan fingerprint density at radius 1 is 1.33 bits per heavy atom. The summed E-state index contributed by atoms with van der Waals surface area (Å²) in [5.41, 5.74) is 2.32. The summed E-state index contributed by atoms with van der Waals surface area (Å²) in [7, 11) is 1.53. The number of amides is 1. The average Bonchev–Trinajstić information content (AvgIpc) is 2.61. The van der Waals surface area contributed by atoms with Gasteiger partial charge in [0.1, 0.15) is 11.6 Å². The Balaban J connectivity index is 1.75. The van der Waals surface area contributed by atoms with Gasteiger partial charge in [-0.05, 0) is 60.2 Å². The predicted molar refractivity (Wildman–Crippen MR) is 88.2 cm³/mol. The van der Waals surface area contributed by atoms with Crippen molar-refractivity contribution in [3.63, 3.8) is 0 Å². The molecule has 0 saturated carbocycles. The van der Waals surface area contributed by atoms with E-state index in [1.165, 1.54) is 19.2 Å². The van der Waals surface area contributed by atoms with Crippen molar-refractivity contribution in [2.45, 2.75) is 31.4 Å². The second-order valence-corrected chi connectivity index (χ2v) is 5.98. The molecule has 126 valence electrons. The molecule has 1 aliphatic carbocycles. The monoisotopic (exact) mass is 329 g/mol. The standard InChI is InChI=1S/C19H20FNO3/c1-24-15-6-2-5-13(11-15)18(22)19(23)21-17-7-3-4-12-10-14(20)8-9-16(12)17/h2,5-6,8-11,17-18,22H,3-4,7H2,1H3,(H,21,23). The molecule has 0 fully saturated rings. The van der Waals surface area contributed by atoms with Crippen LogP contribution in [0.15, 0.2) is 42.5 Å². The van der Waals surface area contributed by atoms with E-state index in [0.717, 1.165) is 30.4 Å². The van der Waals surface area contributed by atoms with Crippen molar-refractivity contribution in [1.82, 2.24) is 5.32 Å². The summed E-state index contributed by atoms with van der Waals surface area (Å²) in [6.07, 6.45) is 1.18. The van der Waals surface area contributed by atoms with Crippen molar-refractivity contribution in [2.75, 3.05) is 7.11 Å². The number of aryl methyl sites for hydroxylation is 1. The molecule has 0 saturated heterocycles. The van der Waals surface area contributed by atoms with E-state index < -0.39 is 12.0 Å². The lowest BCUT2D eigenvalue weighted by atomic mass is 9.87. The first kappa shape index (κ1) is 16.5. The Morgan fingerprint density at radius 3 is 2.96 bits per heavy atom. The first-order valence-corrected chi connectivity index (χ1v) is 7.99. The summed E-state index contributed by atoms with van der Waals surface area (Å²) in [5, 5.41) is 13.2. The number of hydrogen-bond donors (Lipinski definition) is 2. The van der Waals surface area contributed by atoms with E-state index in [-0.39, 0.29) is 11.9 Å². The number of hydrogen-bond acceptors (Lipinski definition) is 3. The molecule has 2 unspecified atom stereocenters. The normalized spacial score (nSPS) is 17.7. The molecule has 2 aromatic carbocycles. The number of rotatable bonds is 4. The molecule has 2 atom stereocenters. The summed E-state index contributed by atoms with van der Waals surface area (Å²) < 4.78 is 18.5. The molecule has 0 aromatic heterocycles. The quantitative estimate of drug-likeness (QED) is 0.906. The summed E-state index contributed by atoms with van der Waals surface area (Å²) >= 11 is 0. The van der Waals surface area contributed by atoms with Gasteiger partial charge in [0, 0.05) is 0 Å². The van der Waals surface area contributed by atoms with E-state index in [9.17, 15) is 14.3 Å². The third-order valence-corrected chi connectivity index (χ3v) is 4.39. The van der Waals surface area contributed by atoms with Crippen LogP contribution >= 0.6 is 0 Å². The highest BCUT2D eigenvalue weighted by Gasteiger charge is 2.25. The highest BCUT2D eigenvalue weighted by molar-refractivity contribution is 5.82. The molecule has 0 bridgehead atoms. The van der Waals surface area contributed by atoms with Crippen LogP contribution in [0.25, 0.3) is 0 Å². The summed E-state index contributed by atoms with van der Waals surface area (Å²) in [5.74, 6) is -0.152. The largest absolute Gasteiger partial charge is 0.497 e. The van der Waals surface area contributed by atoms with Crippen molar-refractivity contribution >= 4 is 5.91 Å². The van der Waals surface area contributed by atoms with Gasteiger partial charge in [0.15, 0.2) is 6.10 Å². The first-order chi connectivity index (χ1) is 11.6. The number of carbonyl (C=O) groups is 1. The molecule has 0 spiro atoms. The van der Waals surface area contributed by atoms with Gasteiger partial charge in [0.2, 0.25) is 0 Å². The SMILES string of the molecule is COc1cccc(C(O)C(=O)NC2CCCc3cc(F)ccc32)c1. The van der Waals surface area contributed by atoms with E-state index in [4.69, 9.17) is 4.74 Å². The number of aliphatic hydroxyl groups is 1. The van der Waals surface area contributed by atoms with Gasteiger partial charge >= 0.3 is 0 Å². The maximum Gasteiger partial charge on any atom is 0.253 e. The topological polar surface area (TPSA) is 58.6 Å². The molecule has 5 heteroatoms. The van der Waals surface area contributed by atoms with Crippen LogP contribution < -0.4 is 10.1 Å². The van der Waals surface area contributed by atoms with Crippen molar-refractivity contribution < 1.29 is 19.0 Å². The van der Waals surface area contributed by atoms with Crippen LogP contribution in [-0.4, -0.2) is 18.1 Å². The maximum atomic E-state index is 13.4. The van der Waals surface area contributed by atoms with E-state index in [2.05, 4.69) is 5.32 Å². The van der Waals surface area contributed by atoms with Gasteiger partial charge in [-0.3, -0.25) is 4.79 Å². The number of fused-ring (bicyclic) bond motifs is 1. The second-order valence-electron chi connectivity index (χ2n) is 5.98. The molecule has 24 heavy (non-hydrogen) atoms. The number of carbonyl (C=O) groups excluding carboxylic acids is 1. The Kier molecular flexibility index (Phi) is 4.81. The minimum atomic E-state index is -1.27. The van der Waals surface area contributed by atoms with Crippen molar-refractivity contribution in [3.05, 3.63) is 65.0 Å². The predicted octanol–water partition coefficient (Wildman–Crippen LogP) is 3.06. The molecule has 1 amide bonds. The molecule has 4 nitrogen and oxygen atoms in total. The molecule has 2 N–H and O–H groups in total. The Bertz CT molecular complexity index is 747. The second kappa shape index (κ2) is 7.01. The van der Waals surface area contributed by atoms with Crippen LogP contribution in [0.4, 0.5) is 4.39 Å². The number of ether oxygens (including phenoxy) is 1. The van der Waals surface area contributed by atoms with Crippen LogP contribution in [0.5, 0.6) is 5.75 Å². The zero-order chi connectivity index (χ0) is 17.1. The highest BCUT2D eigenvalue weighted by atomic mass is 19.1. The van der Waals surface area contributed by atoms with E-state index in [1.807, 2.05) is 0 Å². The molecule has 0 heterocycles. The van der Waals surface area contributed by atoms with Crippen molar-refractivity contribution in [1.29, 1.82) is 0 Å². The fourth-order valence-electron chi connectivity index (χ4n) is 3.15. The third-order valence-electron chi connectivity index (χ3n) is 4.39. The first-order valence-electron chi connectivity index (χ1n) is 7.99. The summed E-state index contributed by atoms with van der Waals surface area (Å²) in [6.45, 7) is 0. The van der Waals surface area contributed by atoms with Crippen LogP contribution in [0.1, 0.15) is 41.7 Å². The average molecular weight is 329 g/mol. The lowest BCUT2D eigenvalue weighted by molar-refractivity contribution is -0.130. The summed E-state index contributed by atoms with van der Waals surface area (Å²) in [4.78, 5) is 12.4. The lowest BCUT2D eigenvalue weighted by Crippen LogP contribution is -2.34. The van der Waals surface area contributed by atoms with Gasteiger partial charge in [-0.15, -0.1) is 0 Å². The maximum absolute atomic E-state index is 13.4. The van der Waals surface area contributed by atoms with Gasteiger partial charge in [0.25, 0.3) is 5.91 Å². The fraction of sp³-hybridized carbons (Fsp3) is 0.316. The van der Waals surface area contributed by atoms with Gasteiger partial charge in [-0.25, -0.2) is 4.39 Å². The van der Waals surface area contributed by atoms with Crippen LogP contribution in [0, 0.1) is 5.82 Å². The van der Waals surface area contributed by atoms with Gasteiger partial charge in [0.05, 0.1) is 13.2 Å². The van der Waals surface area contributed by atoms with Gasteiger partial charge < -0.3 is 15.2 Å². The Hall–Kier alpha value is -2.40. The molecule has 0 aliphatic heterocycles. The third kappa shape index (κ3) is 3.41. The minimum absolute atomic E-state index is 0.206. The van der Waals surface area contributed by atoms with Gasteiger partial charge in [-0.2, -0.15) is 0 Å². The molecule has 3 rings (SSSR count). The number of methoxy groups -OCH3 is 1.